The molecule has 1 saturated carbocycles. The van der Waals surface area contributed by atoms with Gasteiger partial charge in [0.05, 0.1) is 0 Å². The van der Waals surface area contributed by atoms with Crippen LogP contribution < -0.4 is 0 Å². The van der Waals surface area contributed by atoms with Crippen LogP contribution in [0.4, 0.5) is 4.39 Å². The first kappa shape index (κ1) is 12.0. The van der Waals surface area contributed by atoms with Gasteiger partial charge in [-0.3, -0.25) is 4.79 Å². The van der Waals surface area contributed by atoms with Gasteiger partial charge in [-0.05, 0) is 71.5 Å². The molecule has 0 bridgehead atoms. The van der Waals surface area contributed by atoms with Crippen molar-refractivity contribution in [1.82, 2.24) is 0 Å². The van der Waals surface area contributed by atoms with E-state index in [1.165, 1.54) is 6.07 Å². The SMILES string of the molecule is Cc1c(F)ccc(I)c1C1CCC(=O)CC1. The highest BCUT2D eigenvalue weighted by molar-refractivity contribution is 14.1. The Labute approximate surface area is 109 Å². The summed E-state index contributed by atoms with van der Waals surface area (Å²) in [7, 11) is 0. The number of hydrogen-bond acceptors (Lipinski definition) is 1. The number of carbonyl (C=O) groups is 1. The lowest BCUT2D eigenvalue weighted by Gasteiger charge is -2.24. The molecular formula is C13H14FIO. The van der Waals surface area contributed by atoms with E-state index < -0.39 is 0 Å². The quantitative estimate of drug-likeness (QED) is 0.712. The van der Waals surface area contributed by atoms with Gasteiger partial charge in [0.1, 0.15) is 11.6 Å². The van der Waals surface area contributed by atoms with Gasteiger partial charge in [-0.1, -0.05) is 0 Å². The zero-order valence-corrected chi connectivity index (χ0v) is 11.4. The molecule has 0 heterocycles. The molecule has 1 fully saturated rings. The Hall–Kier alpha value is -0.450. The van der Waals surface area contributed by atoms with Gasteiger partial charge in [0.25, 0.3) is 0 Å². The van der Waals surface area contributed by atoms with E-state index in [0.29, 0.717) is 24.5 Å². The number of hydrogen-bond donors (Lipinski definition) is 0. The Morgan fingerprint density at radius 1 is 1.31 bits per heavy atom. The Kier molecular flexibility index (Phi) is 3.62. The van der Waals surface area contributed by atoms with Crippen molar-refractivity contribution in [3.63, 3.8) is 0 Å². The number of ketones is 1. The zero-order chi connectivity index (χ0) is 11.7. The number of rotatable bonds is 1. The van der Waals surface area contributed by atoms with Gasteiger partial charge in [0.15, 0.2) is 0 Å². The van der Waals surface area contributed by atoms with Crippen LogP contribution in [0.3, 0.4) is 0 Å². The minimum atomic E-state index is -0.132. The fourth-order valence-corrected chi connectivity index (χ4v) is 3.42. The Morgan fingerprint density at radius 3 is 2.56 bits per heavy atom. The van der Waals surface area contributed by atoms with Crippen LogP contribution in [0, 0.1) is 16.3 Å². The van der Waals surface area contributed by atoms with Gasteiger partial charge in [-0.15, -0.1) is 0 Å². The van der Waals surface area contributed by atoms with Crippen molar-refractivity contribution < 1.29 is 9.18 Å². The van der Waals surface area contributed by atoms with Crippen molar-refractivity contribution >= 4 is 28.4 Å². The van der Waals surface area contributed by atoms with Gasteiger partial charge in [0.2, 0.25) is 0 Å². The van der Waals surface area contributed by atoms with Gasteiger partial charge >= 0.3 is 0 Å². The van der Waals surface area contributed by atoms with Crippen molar-refractivity contribution in [2.75, 3.05) is 0 Å². The first-order chi connectivity index (χ1) is 7.59. The van der Waals surface area contributed by atoms with E-state index in [0.717, 1.165) is 27.5 Å². The molecule has 0 unspecified atom stereocenters. The van der Waals surface area contributed by atoms with Gasteiger partial charge in [-0.25, -0.2) is 4.39 Å². The highest BCUT2D eigenvalue weighted by atomic mass is 127. The maximum Gasteiger partial charge on any atom is 0.132 e. The highest BCUT2D eigenvalue weighted by Crippen LogP contribution is 2.36. The van der Waals surface area contributed by atoms with Crippen molar-refractivity contribution in [2.45, 2.75) is 38.5 Å². The largest absolute Gasteiger partial charge is 0.300 e. The fraction of sp³-hybridized carbons (Fsp3) is 0.462. The van der Waals surface area contributed by atoms with Crippen molar-refractivity contribution in [2.24, 2.45) is 0 Å². The van der Waals surface area contributed by atoms with E-state index in [2.05, 4.69) is 22.6 Å². The Bertz CT molecular complexity index is 418. The number of carbonyl (C=O) groups excluding carboxylic acids is 1. The standard InChI is InChI=1S/C13H14FIO/c1-8-11(14)6-7-12(15)13(8)9-2-4-10(16)5-3-9/h6-7,9H,2-5H2,1H3. The van der Waals surface area contributed by atoms with Crippen molar-refractivity contribution in [3.05, 3.63) is 32.6 Å². The molecule has 0 aromatic heterocycles. The summed E-state index contributed by atoms with van der Waals surface area (Å²) in [6.45, 7) is 1.84. The van der Waals surface area contributed by atoms with Crippen LogP contribution in [0.25, 0.3) is 0 Å². The third-order valence-electron chi connectivity index (χ3n) is 3.35. The van der Waals surface area contributed by atoms with E-state index >= 15 is 0 Å². The van der Waals surface area contributed by atoms with Gasteiger partial charge in [-0.2, -0.15) is 0 Å². The summed E-state index contributed by atoms with van der Waals surface area (Å²) in [5.41, 5.74) is 1.87. The molecule has 0 aliphatic heterocycles. The molecule has 1 aliphatic carbocycles. The maximum atomic E-state index is 13.5. The molecule has 1 aliphatic rings. The Balaban J connectivity index is 2.33. The summed E-state index contributed by atoms with van der Waals surface area (Å²) in [6, 6.07) is 3.35. The van der Waals surface area contributed by atoms with Crippen LogP contribution in [-0.2, 0) is 4.79 Å². The lowest BCUT2D eigenvalue weighted by molar-refractivity contribution is -0.120. The van der Waals surface area contributed by atoms with E-state index in [1.54, 1.807) is 0 Å². The molecule has 86 valence electrons. The third kappa shape index (κ3) is 2.29. The lowest BCUT2D eigenvalue weighted by Crippen LogP contribution is -2.14. The van der Waals surface area contributed by atoms with Gasteiger partial charge < -0.3 is 0 Å². The average molecular weight is 332 g/mol. The van der Waals surface area contributed by atoms with Crippen molar-refractivity contribution in [3.8, 4) is 0 Å². The zero-order valence-electron chi connectivity index (χ0n) is 9.22. The number of benzene rings is 1. The molecule has 16 heavy (non-hydrogen) atoms. The summed E-state index contributed by atoms with van der Waals surface area (Å²) in [5, 5.41) is 0. The second-order valence-corrected chi connectivity index (χ2v) is 5.54. The molecule has 1 aromatic rings. The predicted octanol–water partition coefficient (Wildman–Crippen LogP) is 3.97. The van der Waals surface area contributed by atoms with Crippen LogP contribution in [-0.4, -0.2) is 5.78 Å². The second-order valence-electron chi connectivity index (χ2n) is 4.38. The summed E-state index contributed by atoms with van der Waals surface area (Å²) < 4.78 is 14.6. The number of halogens is 2. The van der Waals surface area contributed by atoms with Crippen LogP contribution in [0.1, 0.15) is 42.7 Å². The van der Waals surface area contributed by atoms with Crippen LogP contribution in [0.15, 0.2) is 12.1 Å². The van der Waals surface area contributed by atoms with E-state index in [-0.39, 0.29) is 5.82 Å². The van der Waals surface area contributed by atoms with E-state index in [4.69, 9.17) is 0 Å². The minimum Gasteiger partial charge on any atom is -0.300 e. The monoisotopic (exact) mass is 332 g/mol. The van der Waals surface area contributed by atoms with Gasteiger partial charge in [0, 0.05) is 16.4 Å². The molecule has 0 radical (unpaired) electrons. The predicted molar refractivity (Wildman–Crippen MR) is 70.1 cm³/mol. The summed E-state index contributed by atoms with van der Waals surface area (Å²) >= 11 is 2.26. The summed E-state index contributed by atoms with van der Waals surface area (Å²) in [4.78, 5) is 11.2. The van der Waals surface area contributed by atoms with E-state index in [9.17, 15) is 9.18 Å². The molecule has 0 amide bonds. The first-order valence-electron chi connectivity index (χ1n) is 5.56. The maximum absolute atomic E-state index is 13.5. The highest BCUT2D eigenvalue weighted by Gasteiger charge is 2.24. The average Bonchev–Trinajstić information content (AvgIpc) is 2.27. The van der Waals surface area contributed by atoms with Crippen LogP contribution in [0.5, 0.6) is 0 Å². The smallest absolute Gasteiger partial charge is 0.132 e. The van der Waals surface area contributed by atoms with Crippen molar-refractivity contribution in [1.29, 1.82) is 0 Å². The lowest BCUT2D eigenvalue weighted by atomic mass is 9.82. The van der Waals surface area contributed by atoms with E-state index in [1.807, 2.05) is 13.0 Å². The number of Topliss-reactive ketones (excluding diaryl/α,β-unsaturated/α-hetero) is 1. The minimum absolute atomic E-state index is 0.132. The molecule has 2 rings (SSSR count). The molecule has 3 heteroatoms. The molecule has 1 nitrogen and oxygen atoms in total. The molecule has 0 spiro atoms. The fourth-order valence-electron chi connectivity index (χ4n) is 2.40. The summed E-state index contributed by atoms with van der Waals surface area (Å²) in [5.74, 6) is 0.577. The second kappa shape index (κ2) is 4.82. The Morgan fingerprint density at radius 2 is 1.94 bits per heavy atom. The topological polar surface area (TPSA) is 17.1 Å². The van der Waals surface area contributed by atoms with Crippen LogP contribution >= 0.6 is 22.6 Å². The molecule has 0 N–H and O–H groups in total. The summed E-state index contributed by atoms with van der Waals surface area (Å²) in [6.07, 6.45) is 3.05. The molecular weight excluding hydrogens is 318 g/mol. The normalized spacial score (nSPS) is 17.8. The molecule has 0 saturated heterocycles. The molecule has 1 aromatic carbocycles. The first-order valence-corrected chi connectivity index (χ1v) is 6.63. The third-order valence-corrected chi connectivity index (χ3v) is 4.29. The van der Waals surface area contributed by atoms with Crippen LogP contribution in [0.2, 0.25) is 0 Å². The molecule has 0 atom stereocenters.